The van der Waals surface area contributed by atoms with Crippen LogP contribution in [0.1, 0.15) is 12.5 Å². The van der Waals surface area contributed by atoms with Crippen LogP contribution in [0.2, 0.25) is 0 Å². The van der Waals surface area contributed by atoms with Gasteiger partial charge >= 0.3 is 0 Å². The van der Waals surface area contributed by atoms with Crippen molar-refractivity contribution in [1.29, 1.82) is 0 Å². The minimum atomic E-state index is -3.57. The molecule has 1 aromatic carbocycles. The highest BCUT2D eigenvalue weighted by Gasteiger charge is 2.28. The quantitative estimate of drug-likeness (QED) is 0.595. The first-order valence-electron chi connectivity index (χ1n) is 7.90. The molecule has 0 heterocycles. The van der Waals surface area contributed by atoms with Gasteiger partial charge in [-0.3, -0.25) is 9.59 Å². The summed E-state index contributed by atoms with van der Waals surface area (Å²) in [5.74, 6) is -1.50. The van der Waals surface area contributed by atoms with Gasteiger partial charge in [-0.15, -0.1) is 0 Å². The fourth-order valence-corrected chi connectivity index (χ4v) is 2.44. The zero-order valence-electron chi connectivity index (χ0n) is 15.0. The number of nitrogens with one attached hydrogen (secondary N) is 1. The summed E-state index contributed by atoms with van der Waals surface area (Å²) in [5, 5.41) is 11.3. The van der Waals surface area contributed by atoms with Gasteiger partial charge in [-0.2, -0.15) is 4.31 Å². The van der Waals surface area contributed by atoms with Gasteiger partial charge in [0.25, 0.3) is 0 Å². The highest BCUT2D eigenvalue weighted by Crippen LogP contribution is 2.11. The van der Waals surface area contributed by atoms with E-state index in [2.05, 4.69) is 5.32 Å². The van der Waals surface area contributed by atoms with Crippen molar-refractivity contribution >= 4 is 21.8 Å². The molecule has 0 aliphatic rings. The third-order valence-corrected chi connectivity index (χ3v) is 5.03. The predicted octanol–water partition coefficient (Wildman–Crippen LogP) is -0.457. The average molecular weight is 389 g/mol. The molecule has 0 fully saturated rings. The van der Waals surface area contributed by atoms with Crippen LogP contribution in [0, 0.1) is 5.82 Å². The van der Waals surface area contributed by atoms with Gasteiger partial charge in [0.2, 0.25) is 21.8 Å². The van der Waals surface area contributed by atoms with Crippen molar-refractivity contribution in [3.8, 4) is 0 Å². The lowest BCUT2D eigenvalue weighted by Gasteiger charge is -2.30. The second-order valence-corrected chi connectivity index (χ2v) is 7.95. The second-order valence-electron chi connectivity index (χ2n) is 5.86. The molecule has 0 aliphatic heterocycles. The monoisotopic (exact) mass is 389 g/mol. The summed E-state index contributed by atoms with van der Waals surface area (Å²) in [7, 11) is -2.30. The number of aliphatic hydroxyl groups is 1. The lowest BCUT2D eigenvalue weighted by atomic mass is 10.1. The van der Waals surface area contributed by atoms with Gasteiger partial charge in [0, 0.05) is 20.1 Å². The third kappa shape index (κ3) is 6.70. The number of likely N-dealkylation sites (N-methyl/N-ethyl adjacent to an activating group) is 1. The third-order valence-electron chi connectivity index (χ3n) is 3.77. The Morgan fingerprint density at radius 3 is 2.35 bits per heavy atom. The summed E-state index contributed by atoms with van der Waals surface area (Å²) >= 11 is 0. The molecule has 0 aromatic heterocycles. The van der Waals surface area contributed by atoms with E-state index in [1.165, 1.54) is 43.1 Å². The Bertz CT molecular complexity index is 724. The van der Waals surface area contributed by atoms with Crippen LogP contribution in [0.3, 0.4) is 0 Å². The molecule has 1 rings (SSSR count). The first-order valence-corrected chi connectivity index (χ1v) is 9.75. The van der Waals surface area contributed by atoms with Crippen LogP contribution in [0.25, 0.3) is 0 Å². The topological polar surface area (TPSA) is 107 Å². The Labute approximate surface area is 152 Å². The van der Waals surface area contributed by atoms with E-state index >= 15 is 0 Å². The fourth-order valence-electron chi connectivity index (χ4n) is 2.09. The van der Waals surface area contributed by atoms with E-state index in [0.717, 1.165) is 10.6 Å². The smallest absolute Gasteiger partial charge is 0.242 e. The maximum absolute atomic E-state index is 13.1. The second kappa shape index (κ2) is 9.60. The predicted molar refractivity (Wildman–Crippen MR) is 94.0 cm³/mol. The molecule has 0 unspecified atom stereocenters. The van der Waals surface area contributed by atoms with Gasteiger partial charge in [0.15, 0.2) is 0 Å². The van der Waals surface area contributed by atoms with Gasteiger partial charge in [-0.05, 0) is 24.6 Å². The number of aliphatic hydroxyl groups excluding tert-OH is 1. The van der Waals surface area contributed by atoms with Crippen LogP contribution in [0.4, 0.5) is 4.39 Å². The minimum absolute atomic E-state index is 0.00439. The summed E-state index contributed by atoms with van der Waals surface area (Å²) in [5.41, 5.74) is 0.587. The van der Waals surface area contributed by atoms with Crippen molar-refractivity contribution in [2.45, 2.75) is 19.5 Å². The Morgan fingerprint density at radius 2 is 1.85 bits per heavy atom. The average Bonchev–Trinajstić information content (AvgIpc) is 2.57. The Kier molecular flexibility index (Phi) is 8.12. The number of nitrogens with zero attached hydrogens (tertiary/aromatic N) is 2. The molecule has 0 aliphatic carbocycles. The van der Waals surface area contributed by atoms with Crippen molar-refractivity contribution < 1.29 is 27.5 Å². The summed E-state index contributed by atoms with van der Waals surface area (Å²) in [4.78, 5) is 26.0. The Hall–Kier alpha value is -2.04. The molecular weight excluding hydrogens is 365 g/mol. The fraction of sp³-hybridized carbons (Fsp3) is 0.500. The molecule has 1 aromatic rings. The van der Waals surface area contributed by atoms with E-state index in [9.17, 15) is 22.4 Å². The van der Waals surface area contributed by atoms with Gasteiger partial charge in [0.1, 0.15) is 11.9 Å². The largest absolute Gasteiger partial charge is 0.395 e. The van der Waals surface area contributed by atoms with Crippen LogP contribution in [0.15, 0.2) is 24.3 Å². The van der Waals surface area contributed by atoms with Crippen LogP contribution in [0.5, 0.6) is 0 Å². The van der Waals surface area contributed by atoms with E-state index in [4.69, 9.17) is 5.11 Å². The van der Waals surface area contributed by atoms with Crippen LogP contribution in [-0.2, 0) is 26.2 Å². The summed E-state index contributed by atoms with van der Waals surface area (Å²) in [6.07, 6.45) is 0.974. The number of amides is 2. The number of hydrogen-bond donors (Lipinski definition) is 2. The van der Waals surface area contributed by atoms with Crippen molar-refractivity contribution in [3.05, 3.63) is 35.6 Å². The van der Waals surface area contributed by atoms with E-state index in [-0.39, 0.29) is 19.7 Å². The first kappa shape index (κ1) is 22.0. The minimum Gasteiger partial charge on any atom is -0.395 e. The molecule has 0 spiro atoms. The zero-order valence-corrected chi connectivity index (χ0v) is 15.8. The van der Waals surface area contributed by atoms with Gasteiger partial charge in [-0.25, -0.2) is 12.8 Å². The molecule has 8 nitrogen and oxygen atoms in total. The SMILES string of the molecule is C[C@@H](C(=O)NCCO)N(Cc1ccc(F)cc1)C(=O)CN(C)S(C)(=O)=O. The van der Waals surface area contributed by atoms with Crippen molar-refractivity contribution in [2.75, 3.05) is 33.0 Å². The van der Waals surface area contributed by atoms with E-state index in [0.29, 0.717) is 5.56 Å². The molecular formula is C16H24FN3O5S. The van der Waals surface area contributed by atoms with E-state index in [1.54, 1.807) is 0 Å². The van der Waals surface area contributed by atoms with E-state index < -0.39 is 40.2 Å². The normalized spacial score (nSPS) is 12.7. The maximum Gasteiger partial charge on any atom is 0.242 e. The number of hydrogen-bond acceptors (Lipinski definition) is 5. The molecule has 10 heteroatoms. The first-order chi connectivity index (χ1) is 12.1. The van der Waals surface area contributed by atoms with Crippen LogP contribution in [-0.4, -0.2) is 73.6 Å². The van der Waals surface area contributed by atoms with Crippen molar-refractivity contribution in [2.24, 2.45) is 0 Å². The molecule has 26 heavy (non-hydrogen) atoms. The molecule has 0 saturated heterocycles. The van der Waals surface area contributed by atoms with Crippen LogP contribution >= 0.6 is 0 Å². The van der Waals surface area contributed by atoms with Gasteiger partial charge in [0.05, 0.1) is 19.4 Å². The highest BCUT2D eigenvalue weighted by atomic mass is 32.2. The van der Waals surface area contributed by atoms with Gasteiger partial charge in [-0.1, -0.05) is 12.1 Å². The Morgan fingerprint density at radius 1 is 1.27 bits per heavy atom. The number of rotatable bonds is 9. The Balaban J connectivity index is 3.01. The number of sulfonamides is 1. The lowest BCUT2D eigenvalue weighted by molar-refractivity contribution is -0.140. The number of carbonyl (C=O) groups is 2. The molecule has 2 N–H and O–H groups in total. The number of carbonyl (C=O) groups excluding carboxylic acids is 2. The molecule has 0 bridgehead atoms. The molecule has 146 valence electrons. The van der Waals surface area contributed by atoms with Gasteiger partial charge < -0.3 is 15.3 Å². The van der Waals surface area contributed by atoms with Crippen LogP contribution < -0.4 is 5.32 Å². The molecule has 0 saturated carbocycles. The molecule has 1 atom stereocenters. The summed E-state index contributed by atoms with van der Waals surface area (Å²) in [6, 6.07) is 4.52. The van der Waals surface area contributed by atoms with Crippen molar-refractivity contribution in [3.63, 3.8) is 0 Å². The maximum atomic E-state index is 13.1. The zero-order chi connectivity index (χ0) is 19.9. The number of benzene rings is 1. The van der Waals surface area contributed by atoms with Crippen molar-refractivity contribution in [1.82, 2.24) is 14.5 Å². The lowest BCUT2D eigenvalue weighted by Crippen LogP contribution is -2.50. The standard InChI is InChI=1S/C16H24FN3O5S/c1-12(16(23)18-8-9-21)20(10-13-4-6-14(17)7-5-13)15(22)11-19(2)26(3,24)25/h4-7,12,21H,8-11H2,1-3H3,(H,18,23)/t12-/m0/s1. The summed E-state index contributed by atoms with van der Waals surface area (Å²) in [6.45, 7) is 0.850. The highest BCUT2D eigenvalue weighted by molar-refractivity contribution is 7.88. The molecule has 2 amide bonds. The molecule has 0 radical (unpaired) electrons. The van der Waals surface area contributed by atoms with E-state index in [1.807, 2.05) is 0 Å². The number of halogens is 1. The summed E-state index contributed by atoms with van der Waals surface area (Å²) < 4.78 is 37.0.